The number of nitrogens with one attached hydrogen (secondary N) is 1. The second-order valence-corrected chi connectivity index (χ2v) is 6.61. The number of rotatable bonds is 6. The minimum atomic E-state index is -0.364. The first-order valence-corrected chi connectivity index (χ1v) is 8.05. The number of ether oxygens (including phenoxy) is 2. The van der Waals surface area contributed by atoms with E-state index in [4.69, 9.17) is 9.47 Å². The van der Waals surface area contributed by atoms with E-state index in [1.54, 1.807) is 31.2 Å². The first-order valence-electron chi connectivity index (χ1n) is 8.05. The zero-order chi connectivity index (χ0) is 18.4. The molecule has 0 aliphatic heterocycles. The molecule has 2 rings (SSSR count). The molecule has 0 aliphatic carbocycles. The summed E-state index contributed by atoms with van der Waals surface area (Å²) in [5, 5.41) is 2.63. The highest BCUT2D eigenvalue weighted by atomic mass is 19.1. The number of nitrogens with zero attached hydrogens (tertiary/aromatic N) is 1. The van der Waals surface area contributed by atoms with E-state index < -0.39 is 0 Å². The van der Waals surface area contributed by atoms with Crippen molar-refractivity contribution < 1.29 is 18.7 Å². The lowest BCUT2D eigenvalue weighted by molar-refractivity contribution is -0.0168. The van der Waals surface area contributed by atoms with Gasteiger partial charge in [0, 0.05) is 18.0 Å². The SMILES string of the molecule is Cc1ccc(NC(=O)c2ccc(OCCOC(C)(C)C)nc2)cc1F. The van der Waals surface area contributed by atoms with E-state index in [-0.39, 0.29) is 17.3 Å². The maximum absolute atomic E-state index is 13.5. The molecule has 0 unspecified atom stereocenters. The van der Waals surface area contributed by atoms with E-state index in [0.29, 0.717) is 35.9 Å². The molecule has 0 spiro atoms. The predicted octanol–water partition coefficient (Wildman–Crippen LogP) is 3.98. The number of hydrogen-bond donors (Lipinski definition) is 1. The summed E-state index contributed by atoms with van der Waals surface area (Å²) >= 11 is 0. The Morgan fingerprint density at radius 3 is 2.56 bits per heavy atom. The van der Waals surface area contributed by atoms with Crippen LogP contribution in [-0.2, 0) is 4.74 Å². The molecule has 1 heterocycles. The third kappa shape index (κ3) is 6.15. The lowest BCUT2D eigenvalue weighted by Gasteiger charge is -2.19. The second kappa shape index (κ2) is 8.07. The Morgan fingerprint density at radius 1 is 1.20 bits per heavy atom. The number of amides is 1. The molecular formula is C19H23FN2O3. The molecule has 134 valence electrons. The fraction of sp³-hybridized carbons (Fsp3) is 0.368. The summed E-state index contributed by atoms with van der Waals surface area (Å²) in [5.74, 6) is -0.314. The van der Waals surface area contributed by atoms with Crippen LogP contribution in [0.15, 0.2) is 36.5 Å². The van der Waals surface area contributed by atoms with E-state index in [2.05, 4.69) is 10.3 Å². The first kappa shape index (κ1) is 18.9. The number of anilines is 1. The van der Waals surface area contributed by atoms with Crippen LogP contribution >= 0.6 is 0 Å². The Hall–Kier alpha value is -2.47. The van der Waals surface area contributed by atoms with Crippen LogP contribution in [0.2, 0.25) is 0 Å². The van der Waals surface area contributed by atoms with Crippen LogP contribution in [0.1, 0.15) is 36.7 Å². The van der Waals surface area contributed by atoms with Crippen molar-refractivity contribution in [2.24, 2.45) is 0 Å². The minimum absolute atomic E-state index is 0.214. The van der Waals surface area contributed by atoms with Gasteiger partial charge in [0.1, 0.15) is 12.4 Å². The molecule has 0 fully saturated rings. The topological polar surface area (TPSA) is 60.5 Å². The van der Waals surface area contributed by atoms with E-state index >= 15 is 0 Å². The van der Waals surface area contributed by atoms with Crippen LogP contribution in [0, 0.1) is 12.7 Å². The fourth-order valence-corrected chi connectivity index (χ4v) is 1.97. The third-order valence-corrected chi connectivity index (χ3v) is 3.30. The van der Waals surface area contributed by atoms with Crippen molar-refractivity contribution in [1.29, 1.82) is 0 Å². The van der Waals surface area contributed by atoms with E-state index in [1.165, 1.54) is 12.3 Å². The summed E-state index contributed by atoms with van der Waals surface area (Å²) in [5.41, 5.74) is 1.07. The molecule has 0 bridgehead atoms. The molecule has 0 saturated carbocycles. The summed E-state index contributed by atoms with van der Waals surface area (Å²) in [7, 11) is 0. The van der Waals surface area contributed by atoms with Gasteiger partial charge in [-0.1, -0.05) is 6.07 Å². The second-order valence-electron chi connectivity index (χ2n) is 6.61. The van der Waals surface area contributed by atoms with Crippen LogP contribution in [0.5, 0.6) is 5.88 Å². The average molecular weight is 346 g/mol. The summed E-state index contributed by atoms with van der Waals surface area (Å²) in [6, 6.07) is 7.76. The summed E-state index contributed by atoms with van der Waals surface area (Å²) in [4.78, 5) is 16.3. The quantitative estimate of drug-likeness (QED) is 0.804. The van der Waals surface area contributed by atoms with Gasteiger partial charge in [-0.2, -0.15) is 0 Å². The molecule has 25 heavy (non-hydrogen) atoms. The Labute approximate surface area is 147 Å². The number of carbonyl (C=O) groups excluding carboxylic acids is 1. The number of carbonyl (C=O) groups is 1. The summed E-state index contributed by atoms with van der Waals surface area (Å²) < 4.78 is 24.5. The van der Waals surface area contributed by atoms with Crippen molar-refractivity contribution in [3.05, 3.63) is 53.5 Å². The van der Waals surface area contributed by atoms with Gasteiger partial charge in [0.05, 0.1) is 17.8 Å². The van der Waals surface area contributed by atoms with Crippen LogP contribution in [0.25, 0.3) is 0 Å². The largest absolute Gasteiger partial charge is 0.475 e. The Bertz CT molecular complexity index is 724. The fourth-order valence-electron chi connectivity index (χ4n) is 1.97. The molecule has 0 aliphatic rings. The van der Waals surface area contributed by atoms with Gasteiger partial charge >= 0.3 is 0 Å². The number of benzene rings is 1. The maximum Gasteiger partial charge on any atom is 0.257 e. The summed E-state index contributed by atoms with van der Waals surface area (Å²) in [6.45, 7) is 8.40. The van der Waals surface area contributed by atoms with Gasteiger partial charge in [-0.25, -0.2) is 9.37 Å². The number of pyridine rings is 1. The van der Waals surface area contributed by atoms with Gasteiger partial charge < -0.3 is 14.8 Å². The smallest absolute Gasteiger partial charge is 0.257 e. The molecule has 0 atom stereocenters. The average Bonchev–Trinajstić information content (AvgIpc) is 2.55. The zero-order valence-electron chi connectivity index (χ0n) is 14.9. The van der Waals surface area contributed by atoms with Gasteiger partial charge in [-0.3, -0.25) is 4.79 Å². The Morgan fingerprint density at radius 2 is 1.96 bits per heavy atom. The van der Waals surface area contributed by atoms with Crippen molar-refractivity contribution in [2.75, 3.05) is 18.5 Å². The number of hydrogen-bond acceptors (Lipinski definition) is 4. The molecule has 2 aromatic rings. The molecule has 1 amide bonds. The van der Waals surface area contributed by atoms with Crippen molar-refractivity contribution in [1.82, 2.24) is 4.98 Å². The highest BCUT2D eigenvalue weighted by Crippen LogP contribution is 2.15. The predicted molar refractivity (Wildman–Crippen MR) is 94.5 cm³/mol. The zero-order valence-corrected chi connectivity index (χ0v) is 14.9. The van der Waals surface area contributed by atoms with Crippen LogP contribution in [0.4, 0.5) is 10.1 Å². The van der Waals surface area contributed by atoms with Gasteiger partial charge in [-0.05, 0) is 51.5 Å². The highest BCUT2D eigenvalue weighted by Gasteiger charge is 2.10. The molecule has 0 saturated heterocycles. The van der Waals surface area contributed by atoms with E-state index in [9.17, 15) is 9.18 Å². The van der Waals surface area contributed by atoms with Crippen molar-refractivity contribution >= 4 is 11.6 Å². The van der Waals surface area contributed by atoms with Crippen LogP contribution < -0.4 is 10.1 Å². The molecule has 6 heteroatoms. The van der Waals surface area contributed by atoms with Crippen molar-refractivity contribution in [3.63, 3.8) is 0 Å². The number of halogens is 1. The lowest BCUT2D eigenvalue weighted by Crippen LogP contribution is -2.22. The van der Waals surface area contributed by atoms with Gasteiger partial charge in [0.2, 0.25) is 5.88 Å². The van der Waals surface area contributed by atoms with E-state index in [1.807, 2.05) is 20.8 Å². The maximum atomic E-state index is 13.5. The molecule has 5 nitrogen and oxygen atoms in total. The van der Waals surface area contributed by atoms with Crippen LogP contribution in [-0.4, -0.2) is 29.7 Å². The van der Waals surface area contributed by atoms with Gasteiger partial charge in [-0.15, -0.1) is 0 Å². The van der Waals surface area contributed by atoms with Crippen LogP contribution in [0.3, 0.4) is 0 Å². The minimum Gasteiger partial charge on any atom is -0.475 e. The number of aryl methyl sites for hydroxylation is 1. The summed E-state index contributed by atoms with van der Waals surface area (Å²) in [6.07, 6.45) is 1.42. The van der Waals surface area contributed by atoms with E-state index in [0.717, 1.165) is 0 Å². The Kier molecular flexibility index (Phi) is 6.09. The third-order valence-electron chi connectivity index (χ3n) is 3.30. The van der Waals surface area contributed by atoms with Crippen molar-refractivity contribution in [2.45, 2.75) is 33.3 Å². The molecule has 1 aromatic heterocycles. The number of aromatic nitrogens is 1. The molecule has 1 N–H and O–H groups in total. The van der Waals surface area contributed by atoms with Crippen molar-refractivity contribution in [3.8, 4) is 5.88 Å². The normalized spacial score (nSPS) is 11.2. The van der Waals surface area contributed by atoms with Gasteiger partial charge in [0.15, 0.2) is 0 Å². The lowest BCUT2D eigenvalue weighted by atomic mass is 10.2. The Balaban J connectivity index is 1.88. The highest BCUT2D eigenvalue weighted by molar-refractivity contribution is 6.04. The molecular weight excluding hydrogens is 323 g/mol. The molecule has 0 radical (unpaired) electrons. The standard InChI is InChI=1S/C19H23FN2O3/c1-13-5-7-15(11-16(13)20)22-18(23)14-6-8-17(21-12-14)24-9-10-25-19(2,3)4/h5-8,11-12H,9-10H2,1-4H3,(H,22,23). The molecule has 1 aromatic carbocycles. The van der Waals surface area contributed by atoms with Gasteiger partial charge in [0.25, 0.3) is 5.91 Å². The first-order chi connectivity index (χ1) is 11.7. The monoisotopic (exact) mass is 346 g/mol.